The van der Waals surface area contributed by atoms with Crippen LogP contribution in [0.4, 0.5) is 0 Å². The number of hydrogen-bond acceptors (Lipinski definition) is 10. The number of ether oxygens (including phenoxy) is 2. The number of ketones is 2. The molecule has 1 heterocycles. The van der Waals surface area contributed by atoms with Gasteiger partial charge in [-0.25, -0.2) is 0 Å². The van der Waals surface area contributed by atoms with Gasteiger partial charge in [0, 0.05) is 45.5 Å². The molecule has 0 radical (unpaired) electrons. The van der Waals surface area contributed by atoms with Gasteiger partial charge in [0.15, 0.2) is 34.6 Å². The Morgan fingerprint density at radius 2 is 0.786 bits per heavy atom. The second-order valence-corrected chi connectivity index (χ2v) is 9.99. The number of aryl methyl sites for hydroxylation is 2. The van der Waals surface area contributed by atoms with Gasteiger partial charge in [-0.3, -0.25) is 9.59 Å². The van der Waals surface area contributed by atoms with Crippen LogP contribution in [-0.4, -0.2) is 42.2 Å². The molecule has 6 N–H and O–H groups in total. The minimum absolute atomic E-state index is 0.00984. The van der Waals surface area contributed by atoms with E-state index in [1.165, 1.54) is 30.3 Å². The van der Waals surface area contributed by atoms with Gasteiger partial charge in [0.05, 0.1) is 0 Å². The van der Waals surface area contributed by atoms with Gasteiger partial charge in [-0.05, 0) is 73.5 Å². The first-order valence-corrected chi connectivity index (χ1v) is 12.6. The first-order chi connectivity index (χ1) is 19.9. The molecule has 1 aliphatic carbocycles. The average molecular weight is 567 g/mol. The summed E-state index contributed by atoms with van der Waals surface area (Å²) in [6.07, 6.45) is 1.98. The van der Waals surface area contributed by atoms with Crippen LogP contribution in [0.5, 0.6) is 57.5 Å². The van der Waals surface area contributed by atoms with Crippen molar-refractivity contribution in [2.24, 2.45) is 0 Å². The standard InChI is InChI=1S/C32H22O10/c1-13-3-23(35)15(5-21(13)33)16-6-25(37)17(7-24(16)36)18-8-27(39)19(9-26(18)38)20-10-30-32(12-28(20)40)41-29-4-14(2)22(34)11-31(29)42-30/h3-12,33-37,40H,1-2H3. The van der Waals surface area contributed by atoms with Gasteiger partial charge in [-0.2, -0.15) is 0 Å². The third-order valence-electron chi connectivity index (χ3n) is 7.14. The Morgan fingerprint density at radius 1 is 0.429 bits per heavy atom. The number of carbonyl (C=O) groups is 2. The number of aromatic hydroxyl groups is 6. The van der Waals surface area contributed by atoms with Crippen molar-refractivity contribution in [3.8, 4) is 68.6 Å². The number of benzene rings is 4. The van der Waals surface area contributed by atoms with Crippen LogP contribution < -0.4 is 9.47 Å². The number of allylic oxidation sites excluding steroid dienone is 4. The lowest BCUT2D eigenvalue weighted by Crippen LogP contribution is -2.12. The van der Waals surface area contributed by atoms with E-state index in [9.17, 15) is 40.2 Å². The number of carbonyl (C=O) groups excluding carboxylic acids is 2. The van der Waals surface area contributed by atoms with Crippen molar-refractivity contribution in [3.05, 3.63) is 82.9 Å². The van der Waals surface area contributed by atoms with Gasteiger partial charge in [0.25, 0.3) is 0 Å². The molecular weight excluding hydrogens is 544 g/mol. The molecule has 42 heavy (non-hydrogen) atoms. The number of fused-ring (bicyclic) bond motifs is 2. The van der Waals surface area contributed by atoms with Crippen LogP contribution in [0.2, 0.25) is 0 Å². The molecular formula is C32H22O10. The van der Waals surface area contributed by atoms with Crippen molar-refractivity contribution < 1.29 is 49.7 Å². The zero-order valence-electron chi connectivity index (χ0n) is 22.1. The zero-order chi connectivity index (χ0) is 30.0. The molecule has 10 nitrogen and oxygen atoms in total. The van der Waals surface area contributed by atoms with Crippen molar-refractivity contribution in [3.63, 3.8) is 0 Å². The van der Waals surface area contributed by atoms with Crippen molar-refractivity contribution in [2.75, 3.05) is 0 Å². The van der Waals surface area contributed by atoms with E-state index < -0.39 is 23.1 Å². The van der Waals surface area contributed by atoms with Crippen LogP contribution in [0.25, 0.3) is 22.3 Å². The van der Waals surface area contributed by atoms with E-state index in [0.29, 0.717) is 16.9 Å². The molecule has 0 unspecified atom stereocenters. The summed E-state index contributed by atoms with van der Waals surface area (Å²) >= 11 is 0. The van der Waals surface area contributed by atoms with E-state index in [-0.39, 0.29) is 73.6 Å². The maximum atomic E-state index is 13.2. The molecule has 0 atom stereocenters. The Hall–Kier alpha value is -5.90. The highest BCUT2D eigenvalue weighted by Crippen LogP contribution is 2.50. The highest BCUT2D eigenvalue weighted by molar-refractivity contribution is 6.44. The third-order valence-corrected chi connectivity index (χ3v) is 7.14. The normalized spacial score (nSPS) is 13.9. The largest absolute Gasteiger partial charge is 0.508 e. The summed E-state index contributed by atoms with van der Waals surface area (Å²) in [6, 6.07) is 10.2. The number of phenols is 6. The topological polar surface area (TPSA) is 174 Å². The monoisotopic (exact) mass is 566 g/mol. The molecule has 4 aromatic rings. The molecule has 1 aliphatic heterocycles. The fourth-order valence-corrected chi connectivity index (χ4v) is 4.86. The zero-order valence-corrected chi connectivity index (χ0v) is 22.1. The summed E-state index contributed by atoms with van der Waals surface area (Å²) in [5.41, 5.74) is 0.479. The Balaban J connectivity index is 1.34. The molecule has 2 aliphatic rings. The van der Waals surface area contributed by atoms with Gasteiger partial charge in [0.1, 0.15) is 34.5 Å². The van der Waals surface area contributed by atoms with Crippen LogP contribution in [0.1, 0.15) is 22.3 Å². The summed E-state index contributed by atoms with van der Waals surface area (Å²) < 4.78 is 11.6. The van der Waals surface area contributed by atoms with Crippen LogP contribution in [0.3, 0.4) is 0 Å². The molecule has 0 aromatic heterocycles. The smallest absolute Gasteiger partial charge is 0.187 e. The highest BCUT2D eigenvalue weighted by atomic mass is 16.6. The van der Waals surface area contributed by atoms with Crippen LogP contribution in [0.15, 0.2) is 60.7 Å². The van der Waals surface area contributed by atoms with Gasteiger partial charge < -0.3 is 40.1 Å². The van der Waals surface area contributed by atoms with Gasteiger partial charge >= 0.3 is 0 Å². The van der Waals surface area contributed by atoms with Crippen molar-refractivity contribution in [1.29, 1.82) is 0 Å². The molecule has 6 rings (SSSR count). The van der Waals surface area contributed by atoms with Crippen molar-refractivity contribution >= 4 is 22.7 Å². The summed E-state index contributed by atoms with van der Waals surface area (Å²) in [5, 5.41) is 62.6. The quantitative estimate of drug-likeness (QED) is 0.117. The first-order valence-electron chi connectivity index (χ1n) is 12.6. The van der Waals surface area contributed by atoms with Gasteiger partial charge in [-0.15, -0.1) is 0 Å². The Morgan fingerprint density at radius 3 is 1.40 bits per heavy atom. The Kier molecular flexibility index (Phi) is 5.86. The average Bonchev–Trinajstić information content (AvgIpc) is 2.93. The molecule has 0 amide bonds. The SMILES string of the molecule is Cc1cc2c(cc1O)Oc1cc(C3=CC(=O)C(c4cc(O)c(-c5cc(O)c(C)cc5O)cc4O)=CC3=O)c(O)cc1O2. The summed E-state index contributed by atoms with van der Waals surface area (Å²) in [5.74, 6) is -2.17. The maximum absolute atomic E-state index is 13.2. The van der Waals surface area contributed by atoms with Crippen LogP contribution in [0, 0.1) is 13.8 Å². The molecule has 0 spiro atoms. The Bertz CT molecular complexity index is 1950. The number of hydrogen-bond donors (Lipinski definition) is 6. The second kappa shape index (κ2) is 9.34. The van der Waals surface area contributed by atoms with Gasteiger partial charge in [0.2, 0.25) is 0 Å². The molecule has 0 saturated heterocycles. The second-order valence-electron chi connectivity index (χ2n) is 9.99. The lowest BCUT2D eigenvalue weighted by atomic mass is 9.87. The molecule has 0 saturated carbocycles. The fraction of sp³-hybridized carbons (Fsp3) is 0.0625. The molecule has 0 fully saturated rings. The van der Waals surface area contributed by atoms with E-state index >= 15 is 0 Å². The van der Waals surface area contributed by atoms with Crippen molar-refractivity contribution in [1.82, 2.24) is 0 Å². The maximum Gasteiger partial charge on any atom is 0.187 e. The Labute approximate surface area is 237 Å². The van der Waals surface area contributed by atoms with Crippen LogP contribution >= 0.6 is 0 Å². The van der Waals surface area contributed by atoms with E-state index in [1.54, 1.807) is 19.9 Å². The minimum atomic E-state index is -0.692. The van der Waals surface area contributed by atoms with E-state index in [0.717, 1.165) is 24.3 Å². The molecule has 0 bridgehead atoms. The molecule has 210 valence electrons. The third kappa shape index (κ3) is 4.22. The van der Waals surface area contributed by atoms with E-state index in [1.807, 2.05) is 0 Å². The highest BCUT2D eigenvalue weighted by Gasteiger charge is 2.29. The first kappa shape index (κ1) is 26.3. The molecule has 4 aromatic carbocycles. The minimum Gasteiger partial charge on any atom is -0.508 e. The van der Waals surface area contributed by atoms with E-state index in [2.05, 4.69) is 0 Å². The predicted octanol–water partition coefficient (Wildman–Crippen LogP) is 5.72. The lowest BCUT2D eigenvalue weighted by Gasteiger charge is -2.23. The summed E-state index contributed by atoms with van der Waals surface area (Å²) in [6.45, 7) is 3.26. The summed E-state index contributed by atoms with van der Waals surface area (Å²) in [7, 11) is 0. The summed E-state index contributed by atoms with van der Waals surface area (Å²) in [4.78, 5) is 26.4. The van der Waals surface area contributed by atoms with Gasteiger partial charge in [-0.1, -0.05) is 0 Å². The predicted molar refractivity (Wildman–Crippen MR) is 150 cm³/mol. The van der Waals surface area contributed by atoms with E-state index in [4.69, 9.17) is 9.47 Å². The van der Waals surface area contributed by atoms with Crippen molar-refractivity contribution in [2.45, 2.75) is 13.8 Å². The van der Waals surface area contributed by atoms with Crippen LogP contribution in [-0.2, 0) is 9.59 Å². The number of phenolic OH excluding ortho intramolecular Hbond substituents is 6. The lowest BCUT2D eigenvalue weighted by molar-refractivity contribution is -0.112. The molecule has 10 heteroatoms. The number of rotatable bonds is 3. The fourth-order valence-electron chi connectivity index (χ4n) is 4.86.